The first kappa shape index (κ1) is 9.93. The van der Waals surface area contributed by atoms with Gasteiger partial charge in [0.05, 0.1) is 0 Å². The molecule has 13 heavy (non-hydrogen) atoms. The number of carbonyl (C=O) groups excluding carboxylic acids is 1. The maximum atomic E-state index is 11.2. The Kier molecular flexibility index (Phi) is 3.20. The summed E-state index contributed by atoms with van der Waals surface area (Å²) >= 11 is 0. The lowest BCUT2D eigenvalue weighted by atomic mass is 10.0. The first-order chi connectivity index (χ1) is 6.11. The molecular weight excluding hydrogens is 162 g/mol. The number of carbonyl (C=O) groups is 1. The quantitative estimate of drug-likeness (QED) is 0.658. The highest BCUT2D eigenvalue weighted by atomic mass is 16.1. The van der Waals surface area contributed by atoms with Gasteiger partial charge in [-0.15, -0.1) is 0 Å². The molecule has 0 aliphatic heterocycles. The summed E-state index contributed by atoms with van der Waals surface area (Å²) in [7, 11) is 3.99. The summed E-state index contributed by atoms with van der Waals surface area (Å²) in [6.07, 6.45) is 0. The summed E-state index contributed by atoms with van der Waals surface area (Å²) in [5, 5.41) is 0. The van der Waals surface area contributed by atoms with Crippen LogP contribution in [0.1, 0.15) is 22.8 Å². The Morgan fingerprint density at radius 3 is 2.46 bits per heavy atom. The molecule has 0 bridgehead atoms. The third kappa shape index (κ3) is 2.67. The van der Waals surface area contributed by atoms with Crippen molar-refractivity contribution < 1.29 is 4.79 Å². The molecule has 0 fully saturated rings. The van der Waals surface area contributed by atoms with Crippen LogP contribution in [-0.4, -0.2) is 24.8 Å². The van der Waals surface area contributed by atoms with Crippen LogP contribution in [0, 0.1) is 0 Å². The lowest BCUT2D eigenvalue weighted by Crippen LogP contribution is -2.13. The number of Topliss-reactive ketones (excluding diaryl/α,β-unsaturated/α-hetero) is 1. The van der Waals surface area contributed by atoms with Crippen molar-refractivity contribution in [3.8, 4) is 0 Å². The molecular formula is C11H15NO. The average molecular weight is 177 g/mol. The van der Waals surface area contributed by atoms with Gasteiger partial charge in [0.2, 0.25) is 0 Å². The van der Waals surface area contributed by atoms with Crippen molar-refractivity contribution in [1.29, 1.82) is 0 Å². The minimum Gasteiger partial charge on any atom is -0.305 e. The van der Waals surface area contributed by atoms with Crippen LogP contribution in [-0.2, 0) is 6.54 Å². The summed E-state index contributed by atoms with van der Waals surface area (Å²) in [6, 6.07) is 7.74. The molecule has 0 atom stereocenters. The number of rotatable bonds is 3. The highest BCUT2D eigenvalue weighted by molar-refractivity contribution is 5.95. The van der Waals surface area contributed by atoms with Gasteiger partial charge in [-0.2, -0.15) is 0 Å². The molecule has 0 unspecified atom stereocenters. The molecule has 1 rings (SSSR count). The van der Waals surface area contributed by atoms with Crippen molar-refractivity contribution in [2.45, 2.75) is 13.5 Å². The maximum absolute atomic E-state index is 11.2. The molecule has 2 heteroatoms. The number of benzene rings is 1. The predicted molar refractivity (Wildman–Crippen MR) is 53.8 cm³/mol. The molecule has 0 saturated carbocycles. The molecule has 0 heterocycles. The van der Waals surface area contributed by atoms with Crippen molar-refractivity contribution in [3.63, 3.8) is 0 Å². The Morgan fingerprint density at radius 1 is 1.31 bits per heavy atom. The topological polar surface area (TPSA) is 20.3 Å². The van der Waals surface area contributed by atoms with Crippen LogP contribution < -0.4 is 0 Å². The minimum atomic E-state index is 0.137. The van der Waals surface area contributed by atoms with Gasteiger partial charge in [-0.1, -0.05) is 24.3 Å². The molecule has 2 nitrogen and oxygen atoms in total. The second kappa shape index (κ2) is 4.19. The van der Waals surface area contributed by atoms with E-state index < -0.39 is 0 Å². The predicted octanol–water partition coefficient (Wildman–Crippen LogP) is 1.95. The number of hydrogen-bond acceptors (Lipinski definition) is 2. The highest BCUT2D eigenvalue weighted by Crippen LogP contribution is 2.10. The van der Waals surface area contributed by atoms with E-state index in [-0.39, 0.29) is 5.78 Å². The SMILES string of the molecule is CC(=O)c1ccccc1CN(C)C. The molecule has 0 N–H and O–H groups in total. The third-order valence-electron chi connectivity index (χ3n) is 1.88. The van der Waals surface area contributed by atoms with Gasteiger partial charge in [0.1, 0.15) is 0 Å². The van der Waals surface area contributed by atoms with E-state index in [9.17, 15) is 4.79 Å². The largest absolute Gasteiger partial charge is 0.305 e. The fraction of sp³-hybridized carbons (Fsp3) is 0.364. The zero-order valence-electron chi connectivity index (χ0n) is 8.37. The Balaban J connectivity index is 2.98. The number of hydrogen-bond donors (Lipinski definition) is 0. The van der Waals surface area contributed by atoms with Gasteiger partial charge in [0.25, 0.3) is 0 Å². The second-order valence-corrected chi connectivity index (χ2v) is 3.45. The van der Waals surface area contributed by atoms with Gasteiger partial charge in [0.15, 0.2) is 5.78 Å². The van der Waals surface area contributed by atoms with E-state index >= 15 is 0 Å². The van der Waals surface area contributed by atoms with Crippen LogP contribution in [0.25, 0.3) is 0 Å². The van der Waals surface area contributed by atoms with E-state index in [1.54, 1.807) is 6.92 Å². The lowest BCUT2D eigenvalue weighted by Gasteiger charge is -2.12. The van der Waals surface area contributed by atoms with Gasteiger partial charge in [-0.25, -0.2) is 0 Å². The summed E-state index contributed by atoms with van der Waals surface area (Å²) in [6.45, 7) is 2.42. The standard InChI is InChI=1S/C11H15NO/c1-9(13)11-7-5-4-6-10(11)8-12(2)3/h4-7H,8H2,1-3H3. The van der Waals surface area contributed by atoms with E-state index in [1.165, 1.54) is 0 Å². The zero-order valence-corrected chi connectivity index (χ0v) is 8.37. The monoisotopic (exact) mass is 177 g/mol. The Bertz CT molecular complexity index is 305. The highest BCUT2D eigenvalue weighted by Gasteiger charge is 2.05. The van der Waals surface area contributed by atoms with Crippen LogP contribution in [0.4, 0.5) is 0 Å². The molecule has 0 amide bonds. The van der Waals surface area contributed by atoms with E-state index in [1.807, 2.05) is 38.4 Å². The summed E-state index contributed by atoms with van der Waals surface area (Å²) in [5.74, 6) is 0.137. The molecule has 0 saturated heterocycles. The van der Waals surface area contributed by atoms with E-state index in [4.69, 9.17) is 0 Å². The van der Waals surface area contributed by atoms with Gasteiger partial charge in [-0.05, 0) is 26.6 Å². The van der Waals surface area contributed by atoms with Crippen LogP contribution in [0.15, 0.2) is 24.3 Å². The number of ketones is 1. The van der Waals surface area contributed by atoms with Gasteiger partial charge >= 0.3 is 0 Å². The van der Waals surface area contributed by atoms with Gasteiger partial charge < -0.3 is 4.90 Å². The smallest absolute Gasteiger partial charge is 0.160 e. The van der Waals surface area contributed by atoms with Crippen LogP contribution in [0.3, 0.4) is 0 Å². The Hall–Kier alpha value is -1.15. The van der Waals surface area contributed by atoms with Gasteiger partial charge in [-0.3, -0.25) is 4.79 Å². The van der Waals surface area contributed by atoms with E-state index in [0.29, 0.717) is 0 Å². The second-order valence-electron chi connectivity index (χ2n) is 3.45. The first-order valence-corrected chi connectivity index (χ1v) is 4.35. The fourth-order valence-electron chi connectivity index (χ4n) is 1.34. The molecule has 1 aromatic carbocycles. The van der Waals surface area contributed by atoms with Crippen molar-refractivity contribution in [1.82, 2.24) is 4.90 Å². The minimum absolute atomic E-state index is 0.137. The van der Waals surface area contributed by atoms with Crippen LogP contribution in [0.2, 0.25) is 0 Å². The number of nitrogens with zero attached hydrogens (tertiary/aromatic N) is 1. The third-order valence-corrected chi connectivity index (χ3v) is 1.88. The molecule has 70 valence electrons. The van der Waals surface area contributed by atoms with Gasteiger partial charge in [0, 0.05) is 12.1 Å². The average Bonchev–Trinajstić information content (AvgIpc) is 2.03. The molecule has 0 radical (unpaired) electrons. The van der Waals surface area contributed by atoms with Crippen molar-refractivity contribution in [2.75, 3.05) is 14.1 Å². The molecule has 1 aromatic rings. The Labute approximate surface area is 79.2 Å². The van der Waals surface area contributed by atoms with Crippen LogP contribution >= 0.6 is 0 Å². The Morgan fingerprint density at radius 2 is 1.92 bits per heavy atom. The molecule has 0 aliphatic rings. The van der Waals surface area contributed by atoms with Crippen molar-refractivity contribution in [2.24, 2.45) is 0 Å². The summed E-state index contributed by atoms with van der Waals surface area (Å²) in [5.41, 5.74) is 1.93. The zero-order chi connectivity index (χ0) is 9.84. The van der Waals surface area contributed by atoms with Crippen molar-refractivity contribution in [3.05, 3.63) is 35.4 Å². The van der Waals surface area contributed by atoms with E-state index in [2.05, 4.69) is 4.90 Å². The lowest BCUT2D eigenvalue weighted by molar-refractivity contribution is 0.101. The molecule has 0 aliphatic carbocycles. The first-order valence-electron chi connectivity index (χ1n) is 4.35. The molecule has 0 aromatic heterocycles. The van der Waals surface area contributed by atoms with E-state index in [0.717, 1.165) is 17.7 Å². The summed E-state index contributed by atoms with van der Waals surface area (Å²) < 4.78 is 0. The maximum Gasteiger partial charge on any atom is 0.160 e. The summed E-state index contributed by atoms with van der Waals surface area (Å²) in [4.78, 5) is 13.3. The normalized spacial score (nSPS) is 10.5. The van der Waals surface area contributed by atoms with Crippen molar-refractivity contribution >= 4 is 5.78 Å². The van der Waals surface area contributed by atoms with Crippen LogP contribution in [0.5, 0.6) is 0 Å². The molecule has 0 spiro atoms. The fourth-order valence-corrected chi connectivity index (χ4v) is 1.34.